The van der Waals surface area contributed by atoms with E-state index in [2.05, 4.69) is 0 Å². The van der Waals surface area contributed by atoms with Crippen LogP contribution in [0.5, 0.6) is 5.75 Å². The lowest BCUT2D eigenvalue weighted by molar-refractivity contribution is -0.147. The minimum absolute atomic E-state index is 0.226. The van der Waals surface area contributed by atoms with Crippen LogP contribution in [0.2, 0.25) is 0 Å². The number of ether oxygens (including phenoxy) is 1. The number of aliphatic hydroxyl groups is 1. The molecule has 0 fully saturated rings. The highest BCUT2D eigenvalue weighted by molar-refractivity contribution is 7.98. The molecule has 0 radical (unpaired) electrons. The Kier molecular flexibility index (Phi) is 9.07. The summed E-state index contributed by atoms with van der Waals surface area (Å²) in [7, 11) is 1.57. The smallest absolute Gasteiger partial charge is 0.306 e. The number of hydrogen-bond acceptors (Lipinski definition) is 4. The van der Waals surface area contributed by atoms with Crippen molar-refractivity contribution in [1.82, 2.24) is 0 Å². The zero-order valence-corrected chi connectivity index (χ0v) is 19.7. The highest BCUT2D eigenvalue weighted by atomic mass is 32.2. The first-order chi connectivity index (χ1) is 16.3. The molecule has 2 atom stereocenters. The molecule has 0 spiro atoms. The molecule has 7 heteroatoms. The van der Waals surface area contributed by atoms with Gasteiger partial charge < -0.3 is 14.9 Å². The van der Waals surface area contributed by atoms with Crippen molar-refractivity contribution in [3.8, 4) is 16.9 Å². The molecule has 0 amide bonds. The largest absolute Gasteiger partial charge is 0.497 e. The van der Waals surface area contributed by atoms with Crippen molar-refractivity contribution in [3.63, 3.8) is 0 Å². The Labute approximate surface area is 202 Å². The van der Waals surface area contributed by atoms with Crippen molar-refractivity contribution in [2.45, 2.75) is 30.6 Å². The summed E-state index contributed by atoms with van der Waals surface area (Å²) in [5.74, 6) is -4.39. The number of carboxylic acid groups (broad SMARTS) is 1. The molecule has 0 aliphatic heterocycles. The van der Waals surface area contributed by atoms with Crippen LogP contribution < -0.4 is 4.74 Å². The van der Waals surface area contributed by atoms with Crippen LogP contribution in [-0.2, 0) is 16.5 Å². The van der Waals surface area contributed by atoms with E-state index >= 15 is 0 Å². The van der Waals surface area contributed by atoms with Crippen molar-refractivity contribution in [2.75, 3.05) is 12.9 Å². The second kappa shape index (κ2) is 12.0. The number of methoxy groups -OCH3 is 1. The van der Waals surface area contributed by atoms with Crippen LogP contribution >= 0.6 is 11.8 Å². The molecule has 0 bridgehead atoms. The number of halogens is 2. The Morgan fingerprint density at radius 3 is 2.12 bits per heavy atom. The van der Waals surface area contributed by atoms with Crippen LogP contribution in [0.4, 0.5) is 8.78 Å². The maximum absolute atomic E-state index is 15.0. The normalized spacial score (nSPS) is 13.3. The van der Waals surface area contributed by atoms with Crippen LogP contribution in [0.25, 0.3) is 11.1 Å². The highest BCUT2D eigenvalue weighted by Crippen LogP contribution is 2.37. The molecule has 0 heterocycles. The summed E-state index contributed by atoms with van der Waals surface area (Å²) in [5.41, 5.74) is 2.46. The molecule has 3 aromatic carbocycles. The van der Waals surface area contributed by atoms with E-state index < -0.39 is 30.3 Å². The van der Waals surface area contributed by atoms with Crippen LogP contribution in [0.15, 0.2) is 78.9 Å². The second-order valence-corrected chi connectivity index (χ2v) is 9.17. The lowest BCUT2D eigenvalue weighted by atomic mass is 9.91. The predicted molar refractivity (Wildman–Crippen MR) is 131 cm³/mol. The van der Waals surface area contributed by atoms with Gasteiger partial charge in [-0.3, -0.25) is 4.79 Å². The van der Waals surface area contributed by atoms with E-state index in [-0.39, 0.29) is 17.7 Å². The third kappa shape index (κ3) is 7.30. The molecule has 34 heavy (non-hydrogen) atoms. The van der Waals surface area contributed by atoms with E-state index in [4.69, 9.17) is 4.74 Å². The molecule has 0 aliphatic rings. The third-order valence-electron chi connectivity index (χ3n) is 5.56. The molecule has 0 aromatic heterocycles. The van der Waals surface area contributed by atoms with Gasteiger partial charge in [-0.1, -0.05) is 66.7 Å². The van der Waals surface area contributed by atoms with E-state index in [1.54, 1.807) is 31.4 Å². The molecule has 4 nitrogen and oxygen atoms in total. The molecular weight excluding hydrogens is 458 g/mol. The molecule has 180 valence electrons. The Bertz CT molecular complexity index is 1040. The van der Waals surface area contributed by atoms with Crippen molar-refractivity contribution in [2.24, 2.45) is 5.92 Å². The molecule has 0 saturated heterocycles. The zero-order chi connectivity index (χ0) is 24.6. The number of carboxylic acids is 1. The molecule has 3 rings (SSSR count). The maximum atomic E-state index is 15.0. The topological polar surface area (TPSA) is 66.8 Å². The van der Waals surface area contributed by atoms with E-state index in [0.29, 0.717) is 11.5 Å². The molecule has 3 aromatic rings. The number of alkyl halides is 2. The van der Waals surface area contributed by atoms with Crippen molar-refractivity contribution >= 4 is 17.7 Å². The minimum Gasteiger partial charge on any atom is -0.497 e. The fourth-order valence-electron chi connectivity index (χ4n) is 3.67. The summed E-state index contributed by atoms with van der Waals surface area (Å²) in [6.45, 7) is 0. The predicted octanol–water partition coefficient (Wildman–Crippen LogP) is 6.23. The zero-order valence-electron chi connectivity index (χ0n) is 18.9. The van der Waals surface area contributed by atoms with Gasteiger partial charge in [-0.05, 0) is 35.2 Å². The highest BCUT2D eigenvalue weighted by Gasteiger charge is 2.38. The van der Waals surface area contributed by atoms with Crippen molar-refractivity contribution in [3.05, 3.63) is 90.0 Å². The van der Waals surface area contributed by atoms with Gasteiger partial charge in [0.1, 0.15) is 5.75 Å². The van der Waals surface area contributed by atoms with Gasteiger partial charge in [0, 0.05) is 23.5 Å². The average molecular weight is 487 g/mol. The summed E-state index contributed by atoms with van der Waals surface area (Å²) < 4.78 is 35.0. The number of benzene rings is 3. The lowest BCUT2D eigenvalue weighted by Crippen LogP contribution is -2.28. The van der Waals surface area contributed by atoms with Gasteiger partial charge in [-0.15, -0.1) is 0 Å². The average Bonchev–Trinajstić information content (AvgIpc) is 2.84. The molecule has 0 saturated carbocycles. The van der Waals surface area contributed by atoms with Gasteiger partial charge in [-0.25, -0.2) is 8.78 Å². The SMILES string of the molecule is COc1ccc(-c2ccc(C(F)(F)CC(CC(O)CSCc3ccccc3)C(=O)O)cc2)cc1. The number of carbonyl (C=O) groups is 1. The molecule has 0 aliphatic carbocycles. The molecule has 2 N–H and O–H groups in total. The van der Waals surface area contributed by atoms with Gasteiger partial charge in [0.25, 0.3) is 5.92 Å². The van der Waals surface area contributed by atoms with E-state index in [0.717, 1.165) is 16.7 Å². The van der Waals surface area contributed by atoms with Gasteiger partial charge in [0.15, 0.2) is 0 Å². The molecular formula is C27H28F2O4S. The first-order valence-corrected chi connectivity index (χ1v) is 12.1. The first-order valence-electron chi connectivity index (χ1n) is 10.9. The maximum Gasteiger partial charge on any atom is 0.306 e. The first kappa shape index (κ1) is 25.7. The second-order valence-electron chi connectivity index (χ2n) is 8.14. The number of aliphatic hydroxyl groups excluding tert-OH is 1. The summed E-state index contributed by atoms with van der Waals surface area (Å²) in [4.78, 5) is 11.7. The van der Waals surface area contributed by atoms with Crippen LogP contribution in [0.1, 0.15) is 24.0 Å². The quantitative estimate of drug-likeness (QED) is 0.318. The fraction of sp³-hybridized carbons (Fsp3) is 0.296. The Balaban J connectivity index is 1.59. The summed E-state index contributed by atoms with van der Waals surface area (Å²) in [5, 5.41) is 19.8. The fourth-order valence-corrected chi connectivity index (χ4v) is 4.63. The summed E-state index contributed by atoms with van der Waals surface area (Å²) in [6.07, 6.45) is -2.08. The summed E-state index contributed by atoms with van der Waals surface area (Å²) >= 11 is 1.45. The number of hydrogen-bond donors (Lipinski definition) is 2. The van der Waals surface area contributed by atoms with Gasteiger partial charge in [0.2, 0.25) is 0 Å². The van der Waals surface area contributed by atoms with Gasteiger partial charge in [0.05, 0.1) is 19.1 Å². The van der Waals surface area contributed by atoms with Crippen LogP contribution in [-0.4, -0.2) is 35.1 Å². The number of aliphatic carboxylic acids is 1. The van der Waals surface area contributed by atoms with E-state index in [9.17, 15) is 23.8 Å². The van der Waals surface area contributed by atoms with Crippen molar-refractivity contribution < 1.29 is 28.5 Å². The lowest BCUT2D eigenvalue weighted by Gasteiger charge is -2.23. The Morgan fingerprint density at radius 1 is 0.971 bits per heavy atom. The number of rotatable bonds is 12. The number of thioether (sulfide) groups is 1. The van der Waals surface area contributed by atoms with E-state index in [1.807, 2.05) is 42.5 Å². The van der Waals surface area contributed by atoms with Gasteiger partial charge >= 0.3 is 5.97 Å². The van der Waals surface area contributed by atoms with Gasteiger partial charge in [-0.2, -0.15) is 11.8 Å². The molecule has 2 unspecified atom stereocenters. The summed E-state index contributed by atoms with van der Waals surface area (Å²) in [6, 6.07) is 22.7. The Hall–Kier alpha value is -2.90. The minimum atomic E-state index is -3.33. The van der Waals surface area contributed by atoms with E-state index in [1.165, 1.54) is 23.9 Å². The third-order valence-corrected chi connectivity index (χ3v) is 6.72. The standard InChI is InChI=1S/C27H28F2O4S/c1-33-25-13-9-21(10-14-25)20-7-11-23(12-8-20)27(28,29)16-22(26(31)32)15-24(30)18-34-17-19-5-3-2-4-6-19/h2-14,22,24,30H,15-18H2,1H3,(H,31,32). The Morgan fingerprint density at radius 2 is 1.56 bits per heavy atom. The van der Waals surface area contributed by atoms with Crippen LogP contribution in [0.3, 0.4) is 0 Å². The van der Waals surface area contributed by atoms with Crippen LogP contribution in [0, 0.1) is 5.92 Å². The monoisotopic (exact) mass is 486 g/mol. The van der Waals surface area contributed by atoms with Crippen molar-refractivity contribution in [1.29, 1.82) is 0 Å².